The molecule has 0 saturated carbocycles. The lowest BCUT2D eigenvalue weighted by Gasteiger charge is -2.09. The van der Waals surface area contributed by atoms with Crippen LogP contribution in [0.2, 0.25) is 0 Å². The number of hydrogen-bond donors (Lipinski definition) is 4. The number of benzene rings is 2. The van der Waals surface area contributed by atoms with Crippen molar-refractivity contribution in [3.63, 3.8) is 0 Å². The number of nitrogens with one attached hydrogen (secondary N) is 1. The topological polar surface area (TPSA) is 90.1 Å². The highest BCUT2D eigenvalue weighted by atomic mass is 14.9. The Balaban J connectivity index is 2.04. The molecule has 0 aliphatic carbocycles. The molecule has 0 atom stereocenters. The fourth-order valence-electron chi connectivity index (χ4n) is 1.57. The minimum absolute atomic E-state index is 0.663. The SMILES string of the molecule is Nc1ccc(NCc2ccc(N)cc2N)cc1. The zero-order chi connectivity index (χ0) is 12.3. The van der Waals surface area contributed by atoms with Gasteiger partial charge in [0.05, 0.1) is 0 Å². The summed E-state index contributed by atoms with van der Waals surface area (Å²) >= 11 is 0. The van der Waals surface area contributed by atoms with E-state index < -0.39 is 0 Å². The summed E-state index contributed by atoms with van der Waals surface area (Å²) < 4.78 is 0. The van der Waals surface area contributed by atoms with Gasteiger partial charge in [-0.25, -0.2) is 0 Å². The maximum atomic E-state index is 5.87. The molecule has 4 nitrogen and oxygen atoms in total. The predicted octanol–water partition coefficient (Wildman–Crippen LogP) is 2.05. The standard InChI is InChI=1S/C13H16N4/c14-10-3-5-12(6-4-10)17-8-9-1-2-11(15)7-13(9)16/h1-7,17H,8,14-16H2. The largest absolute Gasteiger partial charge is 0.399 e. The van der Waals surface area contributed by atoms with Crippen molar-refractivity contribution >= 4 is 22.7 Å². The Morgan fingerprint density at radius 3 is 2.12 bits per heavy atom. The van der Waals surface area contributed by atoms with Crippen LogP contribution in [-0.4, -0.2) is 0 Å². The van der Waals surface area contributed by atoms with Crippen molar-refractivity contribution in [1.29, 1.82) is 0 Å². The van der Waals surface area contributed by atoms with E-state index in [1.54, 1.807) is 6.07 Å². The third kappa shape index (κ3) is 2.81. The van der Waals surface area contributed by atoms with Gasteiger partial charge in [0, 0.05) is 29.3 Å². The number of anilines is 4. The first-order valence-corrected chi connectivity index (χ1v) is 5.38. The highest BCUT2D eigenvalue weighted by molar-refractivity contribution is 5.58. The van der Waals surface area contributed by atoms with Gasteiger partial charge in [0.1, 0.15) is 0 Å². The van der Waals surface area contributed by atoms with Crippen LogP contribution < -0.4 is 22.5 Å². The molecule has 88 valence electrons. The molecule has 0 bridgehead atoms. The van der Waals surface area contributed by atoms with Gasteiger partial charge in [-0.3, -0.25) is 0 Å². The van der Waals surface area contributed by atoms with Crippen LogP contribution in [0.5, 0.6) is 0 Å². The molecule has 2 rings (SSSR count). The van der Waals surface area contributed by atoms with Crippen LogP contribution in [0, 0.1) is 0 Å². The summed E-state index contributed by atoms with van der Waals surface area (Å²) in [6.07, 6.45) is 0. The smallest absolute Gasteiger partial charge is 0.0421 e. The number of nitrogen functional groups attached to an aromatic ring is 3. The van der Waals surface area contributed by atoms with E-state index in [2.05, 4.69) is 5.32 Å². The van der Waals surface area contributed by atoms with E-state index in [4.69, 9.17) is 17.2 Å². The van der Waals surface area contributed by atoms with Crippen LogP contribution in [0.4, 0.5) is 22.7 Å². The van der Waals surface area contributed by atoms with Gasteiger partial charge in [-0.2, -0.15) is 0 Å². The minimum Gasteiger partial charge on any atom is -0.399 e. The van der Waals surface area contributed by atoms with Gasteiger partial charge in [-0.1, -0.05) is 6.07 Å². The first-order valence-electron chi connectivity index (χ1n) is 5.38. The fraction of sp³-hybridized carbons (Fsp3) is 0.0769. The van der Waals surface area contributed by atoms with E-state index >= 15 is 0 Å². The molecule has 0 aliphatic heterocycles. The lowest BCUT2D eigenvalue weighted by molar-refractivity contribution is 1.15. The molecule has 0 aromatic heterocycles. The van der Waals surface area contributed by atoms with Crippen LogP contribution in [0.1, 0.15) is 5.56 Å². The molecule has 2 aromatic rings. The van der Waals surface area contributed by atoms with Crippen molar-refractivity contribution in [2.45, 2.75) is 6.54 Å². The second-order valence-electron chi connectivity index (χ2n) is 3.93. The van der Waals surface area contributed by atoms with E-state index in [9.17, 15) is 0 Å². The van der Waals surface area contributed by atoms with Gasteiger partial charge in [0.15, 0.2) is 0 Å². The second kappa shape index (κ2) is 4.65. The van der Waals surface area contributed by atoms with E-state index in [-0.39, 0.29) is 0 Å². The van der Waals surface area contributed by atoms with Crippen LogP contribution >= 0.6 is 0 Å². The number of hydrogen-bond acceptors (Lipinski definition) is 4. The van der Waals surface area contributed by atoms with E-state index in [1.807, 2.05) is 36.4 Å². The number of nitrogens with two attached hydrogens (primary N) is 3. The predicted molar refractivity (Wildman–Crippen MR) is 73.4 cm³/mol. The molecular formula is C13H16N4. The fourth-order valence-corrected chi connectivity index (χ4v) is 1.57. The lowest BCUT2D eigenvalue weighted by Crippen LogP contribution is -2.03. The monoisotopic (exact) mass is 228 g/mol. The Labute approximate surface area is 100 Å². The van der Waals surface area contributed by atoms with Crippen molar-refractivity contribution in [2.75, 3.05) is 22.5 Å². The van der Waals surface area contributed by atoms with Gasteiger partial charge in [-0.05, 0) is 42.0 Å². The van der Waals surface area contributed by atoms with Crippen molar-refractivity contribution in [3.05, 3.63) is 48.0 Å². The number of rotatable bonds is 3. The van der Waals surface area contributed by atoms with Crippen molar-refractivity contribution in [3.8, 4) is 0 Å². The molecule has 0 heterocycles. The maximum Gasteiger partial charge on any atom is 0.0421 e. The average molecular weight is 228 g/mol. The summed E-state index contributed by atoms with van der Waals surface area (Å²) in [5.41, 5.74) is 21.3. The zero-order valence-corrected chi connectivity index (χ0v) is 9.48. The Kier molecular flexibility index (Phi) is 3.05. The van der Waals surface area contributed by atoms with Crippen LogP contribution in [0.15, 0.2) is 42.5 Å². The van der Waals surface area contributed by atoms with Crippen LogP contribution in [0.3, 0.4) is 0 Å². The molecule has 17 heavy (non-hydrogen) atoms. The summed E-state index contributed by atoms with van der Waals surface area (Å²) in [6, 6.07) is 13.1. The minimum atomic E-state index is 0.663. The molecule has 0 fully saturated rings. The molecular weight excluding hydrogens is 212 g/mol. The van der Waals surface area contributed by atoms with Gasteiger partial charge < -0.3 is 22.5 Å². The zero-order valence-electron chi connectivity index (χ0n) is 9.48. The first kappa shape index (κ1) is 11.1. The quantitative estimate of drug-likeness (QED) is 0.605. The molecule has 0 unspecified atom stereocenters. The van der Waals surface area contributed by atoms with E-state index in [0.717, 1.165) is 16.9 Å². The highest BCUT2D eigenvalue weighted by Gasteiger charge is 1.99. The Hall–Kier alpha value is -2.36. The lowest BCUT2D eigenvalue weighted by atomic mass is 10.1. The van der Waals surface area contributed by atoms with Gasteiger partial charge in [0.2, 0.25) is 0 Å². The highest BCUT2D eigenvalue weighted by Crippen LogP contribution is 2.18. The Morgan fingerprint density at radius 2 is 1.47 bits per heavy atom. The molecule has 7 N–H and O–H groups in total. The van der Waals surface area contributed by atoms with Gasteiger partial charge in [0.25, 0.3) is 0 Å². The molecule has 0 spiro atoms. The third-order valence-corrected chi connectivity index (χ3v) is 2.56. The van der Waals surface area contributed by atoms with Gasteiger partial charge >= 0.3 is 0 Å². The third-order valence-electron chi connectivity index (χ3n) is 2.56. The molecule has 0 aliphatic rings. The van der Waals surface area contributed by atoms with Crippen molar-refractivity contribution < 1.29 is 0 Å². The Morgan fingerprint density at radius 1 is 0.824 bits per heavy atom. The summed E-state index contributed by atoms with van der Waals surface area (Å²) in [7, 11) is 0. The summed E-state index contributed by atoms with van der Waals surface area (Å²) in [4.78, 5) is 0. The molecule has 0 amide bonds. The summed E-state index contributed by atoms with van der Waals surface area (Å²) in [6.45, 7) is 0.663. The van der Waals surface area contributed by atoms with E-state index in [1.165, 1.54) is 0 Å². The Bertz CT molecular complexity index is 505. The normalized spacial score (nSPS) is 10.1. The summed E-state index contributed by atoms with van der Waals surface area (Å²) in [5, 5.41) is 3.27. The van der Waals surface area contributed by atoms with Gasteiger partial charge in [-0.15, -0.1) is 0 Å². The average Bonchev–Trinajstić information content (AvgIpc) is 2.30. The second-order valence-corrected chi connectivity index (χ2v) is 3.93. The van der Waals surface area contributed by atoms with Crippen LogP contribution in [0.25, 0.3) is 0 Å². The molecule has 0 radical (unpaired) electrons. The van der Waals surface area contributed by atoms with Crippen molar-refractivity contribution in [2.24, 2.45) is 0 Å². The molecule has 2 aromatic carbocycles. The van der Waals surface area contributed by atoms with Crippen LogP contribution in [-0.2, 0) is 6.54 Å². The van der Waals surface area contributed by atoms with Crippen molar-refractivity contribution in [1.82, 2.24) is 0 Å². The maximum absolute atomic E-state index is 5.87. The summed E-state index contributed by atoms with van der Waals surface area (Å²) in [5.74, 6) is 0. The molecule has 4 heteroatoms. The first-order chi connectivity index (χ1) is 8.15. The molecule has 0 saturated heterocycles. The van der Waals surface area contributed by atoms with E-state index in [0.29, 0.717) is 17.9 Å².